The molecule has 3 N–H and O–H groups in total. The van der Waals surface area contributed by atoms with Crippen molar-refractivity contribution in [3.8, 4) is 11.5 Å². The second kappa shape index (κ2) is 32.3. The van der Waals surface area contributed by atoms with E-state index in [0.717, 1.165) is 17.2 Å². The lowest BCUT2D eigenvalue weighted by molar-refractivity contribution is -0.165. The first-order valence-corrected chi connectivity index (χ1v) is 29.3. The van der Waals surface area contributed by atoms with Crippen LogP contribution in [0.3, 0.4) is 0 Å². The smallest absolute Gasteiger partial charge is 0.330 e. The number of nitrogens with zero attached hydrogens (tertiary/aromatic N) is 4. The Morgan fingerprint density at radius 2 is 1.48 bits per heavy atom. The van der Waals surface area contributed by atoms with Gasteiger partial charge in [0, 0.05) is 65.3 Å². The number of hydrogen-bond donors (Lipinski definition) is 3. The highest BCUT2D eigenvalue weighted by molar-refractivity contribution is 6.38. The first kappa shape index (κ1) is 67.7. The predicted molar refractivity (Wildman–Crippen MR) is 319 cm³/mol. The lowest BCUT2D eigenvalue weighted by atomic mass is 9.87. The van der Waals surface area contributed by atoms with Gasteiger partial charge >= 0.3 is 11.9 Å². The van der Waals surface area contributed by atoms with Gasteiger partial charge in [-0.3, -0.25) is 38.4 Å². The number of likely N-dealkylation sites (N-methyl/N-ethyl adjacent to an activating group) is 3. The Morgan fingerprint density at radius 3 is 2.16 bits per heavy atom. The van der Waals surface area contributed by atoms with Crippen LogP contribution >= 0.6 is 0 Å². The lowest BCUT2D eigenvalue weighted by Gasteiger charge is -2.36. The molecule has 0 saturated carbocycles. The number of rotatable bonds is 11. The number of nitrogens with one attached hydrogen (secondary N) is 3. The molecule has 2 aliphatic rings. The summed E-state index contributed by atoms with van der Waals surface area (Å²) >= 11 is 0. The number of aryl methyl sites for hydroxylation is 1. The van der Waals surface area contributed by atoms with Crippen molar-refractivity contribution in [2.45, 2.75) is 142 Å². The van der Waals surface area contributed by atoms with E-state index < -0.39 is 114 Å². The minimum Gasteiger partial charge on any atom is -0.493 e. The molecule has 3 aromatic carbocycles. The summed E-state index contributed by atoms with van der Waals surface area (Å²) in [7, 11) is 7.53. The first-order valence-electron chi connectivity index (χ1n) is 29.3. The van der Waals surface area contributed by atoms with Crippen molar-refractivity contribution in [2.75, 3.05) is 66.9 Å². The quantitative estimate of drug-likeness (QED) is 0.143. The van der Waals surface area contributed by atoms with E-state index in [0.29, 0.717) is 48.4 Å². The summed E-state index contributed by atoms with van der Waals surface area (Å²) in [5.74, 6) is -6.05. The normalized spacial score (nSPS) is 22.8. The molecule has 2 aliphatic heterocycles. The Kier molecular flexibility index (Phi) is 25.7. The number of Topliss-reactive ketones (excluding diaryl/α,β-unsaturated/α-hetero) is 1. The fraction of sp³-hybridized carbons (Fsp3) is 0.531. The number of ketones is 1. The average molecular weight is 1180 g/mol. The summed E-state index contributed by atoms with van der Waals surface area (Å²) in [4.78, 5) is 145. The standard InChI is InChI=1S/C64H87N7O14/c1-12-42(4)57-60(78)65-39-55(74)68(7)33-18-17-26-56(75)84-40-64(5,6)58(76)62(80)71-34-19-16-25-48(71)63(81)85-50(29-27-44-28-30-51(82-10)52(37-44)83-11)45-23-20-24-46(38-45)66-53(72)31-32-54(73)69(8)49(35-41(2)3)59(77)67-47(61(79)70(57)9)36-43-21-14-13-15-22-43/h13-15,17,20-24,26,28,30,37-38,41-42,47-50,57H,12,16,18-19,25,27,29,31-36,39-40H2,1-11H3,(H,65,78)(H,66,72)(H,67,77)/b26-17-/t42-,47+,48-,49-,50+,57-/m0/s1. The molecule has 21 nitrogen and oxygen atoms in total. The Hall–Kier alpha value is -8.10. The molecule has 5 rings (SSSR count). The van der Waals surface area contributed by atoms with Crippen molar-refractivity contribution >= 4 is 64.8 Å². The Morgan fingerprint density at radius 1 is 0.765 bits per heavy atom. The van der Waals surface area contributed by atoms with Crippen molar-refractivity contribution in [3.05, 3.63) is 102 Å². The van der Waals surface area contributed by atoms with Gasteiger partial charge in [0.2, 0.25) is 41.2 Å². The molecule has 1 saturated heterocycles. The van der Waals surface area contributed by atoms with Gasteiger partial charge in [-0.2, -0.15) is 0 Å². The predicted octanol–water partition coefficient (Wildman–Crippen LogP) is 6.17. The second-order valence-electron chi connectivity index (χ2n) is 23.1. The maximum atomic E-state index is 14.7. The molecule has 462 valence electrons. The number of carbonyl (C=O) groups is 10. The van der Waals surface area contributed by atoms with Gasteiger partial charge in [0.05, 0.1) is 26.2 Å². The van der Waals surface area contributed by atoms with E-state index in [4.69, 9.17) is 18.9 Å². The van der Waals surface area contributed by atoms with Gasteiger partial charge < -0.3 is 54.5 Å². The molecule has 1 fully saturated rings. The minimum absolute atomic E-state index is 0.0480. The second-order valence-corrected chi connectivity index (χ2v) is 23.1. The van der Waals surface area contributed by atoms with Gasteiger partial charge in [0.1, 0.15) is 36.9 Å². The van der Waals surface area contributed by atoms with E-state index >= 15 is 0 Å². The number of fused-ring (bicyclic) bond motifs is 3. The number of benzene rings is 3. The summed E-state index contributed by atoms with van der Waals surface area (Å²) in [5, 5.41) is 8.47. The summed E-state index contributed by atoms with van der Waals surface area (Å²) < 4.78 is 22.7. The molecule has 0 aromatic heterocycles. The molecule has 2 bridgehead atoms. The maximum Gasteiger partial charge on any atom is 0.330 e. The molecule has 0 radical (unpaired) electrons. The van der Waals surface area contributed by atoms with E-state index in [2.05, 4.69) is 16.0 Å². The van der Waals surface area contributed by atoms with Crippen molar-refractivity contribution in [2.24, 2.45) is 17.3 Å². The van der Waals surface area contributed by atoms with Crippen LogP contribution in [0, 0.1) is 17.3 Å². The minimum atomic E-state index is -1.50. The van der Waals surface area contributed by atoms with Crippen molar-refractivity contribution in [1.29, 1.82) is 0 Å². The molecular formula is C64H87N7O14. The van der Waals surface area contributed by atoms with E-state index in [9.17, 15) is 47.9 Å². The molecule has 85 heavy (non-hydrogen) atoms. The molecule has 0 spiro atoms. The zero-order chi connectivity index (χ0) is 62.5. The summed E-state index contributed by atoms with van der Waals surface area (Å²) in [6.45, 7) is 9.77. The third-order valence-corrected chi connectivity index (χ3v) is 15.6. The number of hydrogen-bond acceptors (Lipinski definition) is 14. The zero-order valence-electron chi connectivity index (χ0n) is 51.2. The number of carbonyl (C=O) groups excluding carboxylic acids is 10. The highest BCUT2D eigenvalue weighted by atomic mass is 16.5. The molecular weight excluding hydrogens is 1090 g/mol. The monoisotopic (exact) mass is 1180 g/mol. The third-order valence-electron chi connectivity index (χ3n) is 15.6. The number of cyclic esters (lactones) is 2. The van der Waals surface area contributed by atoms with Crippen LogP contribution in [0.5, 0.6) is 11.5 Å². The fourth-order valence-electron chi connectivity index (χ4n) is 10.3. The molecule has 0 unspecified atom stereocenters. The lowest BCUT2D eigenvalue weighted by Crippen LogP contribution is -2.59. The first-order chi connectivity index (χ1) is 40.4. The molecule has 2 heterocycles. The van der Waals surface area contributed by atoms with E-state index in [1.165, 1.54) is 74.9 Å². The number of piperidine rings is 1. The largest absolute Gasteiger partial charge is 0.493 e. The van der Waals surface area contributed by atoms with Crippen LogP contribution in [0.4, 0.5) is 5.69 Å². The van der Waals surface area contributed by atoms with Gasteiger partial charge in [0.15, 0.2) is 11.5 Å². The van der Waals surface area contributed by atoms with Gasteiger partial charge in [-0.1, -0.05) is 88.7 Å². The third kappa shape index (κ3) is 19.5. The molecule has 0 aliphatic carbocycles. The average Bonchev–Trinajstić information content (AvgIpc) is 3.30. The zero-order valence-corrected chi connectivity index (χ0v) is 51.2. The van der Waals surface area contributed by atoms with Crippen LogP contribution in [0.2, 0.25) is 0 Å². The van der Waals surface area contributed by atoms with Crippen LogP contribution in [-0.2, 0) is 70.3 Å². The number of esters is 2. The highest BCUT2D eigenvalue weighted by Crippen LogP contribution is 2.33. The molecule has 7 amide bonds. The van der Waals surface area contributed by atoms with Gasteiger partial charge in [-0.05, 0) is 112 Å². The SMILES string of the molecule is CC[C@H](C)[C@H]1C(=O)NCC(=O)N(C)CC/C=C\C(=O)OCC(C)(C)C(=O)C(=O)N2CCCC[C@H]2C(=O)O[C@H](CCc2ccc(OC)c(OC)c2)c2cccc(c2)NC(=O)CCC(=O)N(C)[C@@H](CC(C)C)C(=O)N[C@H](Cc2ccccc2)C(=O)N1C. The van der Waals surface area contributed by atoms with Gasteiger partial charge in [-0.25, -0.2) is 9.59 Å². The Balaban J connectivity index is 1.48. The van der Waals surface area contributed by atoms with Crippen LogP contribution < -0.4 is 25.4 Å². The summed E-state index contributed by atoms with van der Waals surface area (Å²) in [6.07, 6.45) is 4.01. The van der Waals surface area contributed by atoms with Crippen molar-refractivity contribution < 1.29 is 66.9 Å². The highest BCUT2D eigenvalue weighted by Gasteiger charge is 2.43. The number of methoxy groups -OCH3 is 2. The Bertz CT molecular complexity index is 2870. The van der Waals surface area contributed by atoms with Gasteiger partial charge in [-0.15, -0.1) is 0 Å². The topological polar surface area (TPSA) is 257 Å². The molecule has 21 heteroatoms. The van der Waals surface area contributed by atoms with Crippen LogP contribution in [0.1, 0.15) is 122 Å². The van der Waals surface area contributed by atoms with Crippen LogP contribution in [0.25, 0.3) is 0 Å². The van der Waals surface area contributed by atoms with Crippen molar-refractivity contribution in [3.63, 3.8) is 0 Å². The van der Waals surface area contributed by atoms with Gasteiger partial charge in [0.25, 0.3) is 5.91 Å². The summed E-state index contributed by atoms with van der Waals surface area (Å²) in [5.41, 5.74) is 0.895. The fourth-order valence-corrected chi connectivity index (χ4v) is 10.3. The van der Waals surface area contributed by atoms with Crippen LogP contribution in [-0.4, -0.2) is 164 Å². The van der Waals surface area contributed by atoms with E-state index in [1.54, 1.807) is 49.4 Å². The van der Waals surface area contributed by atoms with Crippen LogP contribution in [0.15, 0.2) is 84.9 Å². The van der Waals surface area contributed by atoms with E-state index in [-0.39, 0.29) is 64.0 Å². The van der Waals surface area contributed by atoms with Crippen molar-refractivity contribution in [1.82, 2.24) is 30.2 Å². The molecule has 6 atom stereocenters. The summed E-state index contributed by atoms with van der Waals surface area (Å²) in [6, 6.07) is 16.8. The Labute approximate surface area is 499 Å². The number of anilines is 1. The maximum absolute atomic E-state index is 14.7. The van der Waals surface area contributed by atoms with E-state index in [1.807, 2.05) is 51.1 Å². The molecule has 3 aromatic rings. The number of ether oxygens (including phenoxy) is 4. The number of amides is 7.